The van der Waals surface area contributed by atoms with Gasteiger partial charge in [-0.15, -0.1) is 0 Å². The fraction of sp³-hybridized carbons (Fsp3) is 0.385. The summed E-state index contributed by atoms with van der Waals surface area (Å²) in [6.45, 7) is 8.96. The van der Waals surface area contributed by atoms with Gasteiger partial charge in [-0.1, -0.05) is 43.3 Å². The lowest BCUT2D eigenvalue weighted by molar-refractivity contribution is 0.0930. The highest BCUT2D eigenvalue weighted by molar-refractivity contribution is 6.06. The maximum atomic E-state index is 13.6. The molecule has 0 bridgehead atoms. The van der Waals surface area contributed by atoms with Crippen LogP contribution in [-0.4, -0.2) is 41.5 Å². The van der Waals surface area contributed by atoms with Crippen molar-refractivity contribution in [2.45, 2.75) is 39.7 Å². The summed E-state index contributed by atoms with van der Waals surface area (Å²) in [4.78, 5) is 22.6. The zero-order valence-electron chi connectivity index (χ0n) is 18.6. The van der Waals surface area contributed by atoms with E-state index in [1.165, 1.54) is 5.56 Å². The minimum Gasteiger partial charge on any atom is -0.466 e. The lowest BCUT2D eigenvalue weighted by Gasteiger charge is -2.42. The molecular weight excluding hydrogens is 386 g/mol. The third-order valence-electron chi connectivity index (χ3n) is 6.22. The molecule has 4 rings (SSSR count). The molecule has 0 aliphatic carbocycles. The van der Waals surface area contributed by atoms with Crippen LogP contribution in [0.15, 0.2) is 65.2 Å². The van der Waals surface area contributed by atoms with Crippen molar-refractivity contribution in [1.82, 2.24) is 9.88 Å². The Hall–Kier alpha value is -2.92. The smallest absolute Gasteiger partial charge is 0.263 e. The van der Waals surface area contributed by atoms with E-state index in [9.17, 15) is 4.79 Å². The molecule has 1 fully saturated rings. The topological polar surface area (TPSA) is 49.6 Å². The molecule has 3 aromatic rings. The summed E-state index contributed by atoms with van der Waals surface area (Å²) in [5.74, 6) is 2.44. The van der Waals surface area contributed by atoms with E-state index in [4.69, 9.17) is 4.42 Å². The van der Waals surface area contributed by atoms with Crippen LogP contribution in [0.2, 0.25) is 0 Å². The standard InChI is InChI=1S/C26H31N3O2/c1-19-18-28(15-12-22-9-5-4-6-10-22)16-13-24(19)29(25-11-7-8-14-27-25)26(30)23-17-20(2)31-21(23)3/h4-11,14,17,19,24H,12-13,15-16,18H2,1-3H3/t19-,24-/m1/s1. The number of hydrogen-bond acceptors (Lipinski definition) is 4. The van der Waals surface area contributed by atoms with E-state index < -0.39 is 0 Å². The van der Waals surface area contributed by atoms with Crippen LogP contribution in [0.3, 0.4) is 0 Å². The van der Waals surface area contributed by atoms with Gasteiger partial charge in [0.15, 0.2) is 0 Å². The molecule has 1 saturated heterocycles. The Bertz CT molecular complexity index is 1000. The minimum absolute atomic E-state index is 0.0253. The number of nitrogens with zero attached hydrogens (tertiary/aromatic N) is 3. The lowest BCUT2D eigenvalue weighted by atomic mass is 9.91. The maximum absolute atomic E-state index is 13.6. The van der Waals surface area contributed by atoms with Gasteiger partial charge in [0.1, 0.15) is 17.3 Å². The molecule has 1 amide bonds. The van der Waals surface area contributed by atoms with Gasteiger partial charge in [-0.2, -0.15) is 0 Å². The van der Waals surface area contributed by atoms with Gasteiger partial charge < -0.3 is 9.32 Å². The number of aryl methyl sites for hydroxylation is 2. The summed E-state index contributed by atoms with van der Waals surface area (Å²) >= 11 is 0. The third kappa shape index (κ3) is 4.88. The summed E-state index contributed by atoms with van der Waals surface area (Å²) in [6.07, 6.45) is 3.73. The molecular formula is C26H31N3O2. The number of rotatable bonds is 6. The van der Waals surface area contributed by atoms with Gasteiger partial charge in [-0.05, 0) is 56.4 Å². The Morgan fingerprint density at radius 3 is 2.58 bits per heavy atom. The number of hydrogen-bond donors (Lipinski definition) is 0. The van der Waals surface area contributed by atoms with Crippen LogP contribution in [-0.2, 0) is 6.42 Å². The second kappa shape index (κ2) is 9.48. The fourth-order valence-electron chi connectivity index (χ4n) is 4.63. The summed E-state index contributed by atoms with van der Waals surface area (Å²) < 4.78 is 5.65. The van der Waals surface area contributed by atoms with Gasteiger partial charge in [-0.25, -0.2) is 4.98 Å². The molecule has 1 aromatic carbocycles. The molecule has 0 radical (unpaired) electrons. The van der Waals surface area contributed by atoms with Crippen molar-refractivity contribution in [3.8, 4) is 0 Å². The van der Waals surface area contributed by atoms with E-state index in [2.05, 4.69) is 47.1 Å². The van der Waals surface area contributed by atoms with Gasteiger partial charge in [0.25, 0.3) is 5.91 Å². The van der Waals surface area contributed by atoms with Crippen LogP contribution in [0, 0.1) is 19.8 Å². The predicted octanol–water partition coefficient (Wildman–Crippen LogP) is 4.89. The zero-order chi connectivity index (χ0) is 21.8. The highest BCUT2D eigenvalue weighted by atomic mass is 16.3. The van der Waals surface area contributed by atoms with Crippen LogP contribution in [0.4, 0.5) is 5.82 Å². The van der Waals surface area contributed by atoms with E-state index in [1.807, 2.05) is 43.0 Å². The summed E-state index contributed by atoms with van der Waals surface area (Å²) in [6, 6.07) is 18.3. The molecule has 2 atom stereocenters. The fourth-order valence-corrected chi connectivity index (χ4v) is 4.63. The molecule has 0 saturated carbocycles. The van der Waals surface area contributed by atoms with Crippen molar-refractivity contribution < 1.29 is 9.21 Å². The van der Waals surface area contributed by atoms with E-state index in [0.29, 0.717) is 23.1 Å². The normalized spacial score (nSPS) is 19.3. The third-order valence-corrected chi connectivity index (χ3v) is 6.22. The second-order valence-corrected chi connectivity index (χ2v) is 8.56. The summed E-state index contributed by atoms with van der Waals surface area (Å²) in [7, 11) is 0. The van der Waals surface area contributed by atoms with Gasteiger partial charge in [0.05, 0.1) is 5.56 Å². The Morgan fingerprint density at radius 2 is 1.94 bits per heavy atom. The molecule has 0 N–H and O–H groups in total. The lowest BCUT2D eigenvalue weighted by Crippen LogP contribution is -2.53. The van der Waals surface area contributed by atoms with Crippen LogP contribution in [0.1, 0.15) is 40.8 Å². The Balaban J connectivity index is 1.51. The Morgan fingerprint density at radius 1 is 1.16 bits per heavy atom. The van der Waals surface area contributed by atoms with Crippen LogP contribution < -0.4 is 4.90 Å². The number of benzene rings is 1. The monoisotopic (exact) mass is 417 g/mol. The molecule has 5 heteroatoms. The number of amides is 1. The van der Waals surface area contributed by atoms with Crippen molar-refractivity contribution in [2.75, 3.05) is 24.5 Å². The number of anilines is 1. The van der Waals surface area contributed by atoms with Crippen molar-refractivity contribution in [1.29, 1.82) is 0 Å². The van der Waals surface area contributed by atoms with Gasteiger partial charge in [0.2, 0.25) is 0 Å². The number of carbonyl (C=O) groups is 1. The highest BCUT2D eigenvalue weighted by Gasteiger charge is 2.36. The summed E-state index contributed by atoms with van der Waals surface area (Å²) in [5.41, 5.74) is 2.00. The average molecular weight is 418 g/mol. The number of aromatic nitrogens is 1. The summed E-state index contributed by atoms with van der Waals surface area (Å²) in [5, 5.41) is 0. The zero-order valence-corrected chi connectivity index (χ0v) is 18.6. The van der Waals surface area contributed by atoms with E-state index in [1.54, 1.807) is 6.20 Å². The molecule has 162 valence electrons. The first-order valence-electron chi connectivity index (χ1n) is 11.1. The molecule has 5 nitrogen and oxygen atoms in total. The van der Waals surface area contributed by atoms with Crippen molar-refractivity contribution in [3.05, 3.63) is 83.4 Å². The largest absolute Gasteiger partial charge is 0.466 e. The molecule has 31 heavy (non-hydrogen) atoms. The number of pyridine rings is 1. The first-order valence-corrected chi connectivity index (χ1v) is 11.1. The molecule has 0 spiro atoms. The van der Waals surface area contributed by atoms with Crippen LogP contribution in [0.25, 0.3) is 0 Å². The average Bonchev–Trinajstić information content (AvgIpc) is 3.13. The van der Waals surface area contributed by atoms with Crippen LogP contribution >= 0.6 is 0 Å². The number of carbonyl (C=O) groups excluding carboxylic acids is 1. The van der Waals surface area contributed by atoms with E-state index >= 15 is 0 Å². The van der Waals surface area contributed by atoms with Gasteiger partial charge >= 0.3 is 0 Å². The molecule has 1 aliphatic rings. The number of likely N-dealkylation sites (tertiary alicyclic amines) is 1. The van der Waals surface area contributed by atoms with E-state index in [0.717, 1.165) is 38.2 Å². The van der Waals surface area contributed by atoms with Crippen molar-refractivity contribution in [2.24, 2.45) is 5.92 Å². The second-order valence-electron chi connectivity index (χ2n) is 8.56. The predicted molar refractivity (Wildman–Crippen MR) is 123 cm³/mol. The molecule has 0 unspecified atom stereocenters. The first-order chi connectivity index (χ1) is 15.0. The Labute approximate surface area is 184 Å². The maximum Gasteiger partial charge on any atom is 0.263 e. The minimum atomic E-state index is -0.0253. The molecule has 3 heterocycles. The molecule has 2 aromatic heterocycles. The van der Waals surface area contributed by atoms with Crippen molar-refractivity contribution in [3.63, 3.8) is 0 Å². The Kier molecular flexibility index (Phi) is 6.52. The van der Waals surface area contributed by atoms with Gasteiger partial charge in [-0.3, -0.25) is 9.69 Å². The van der Waals surface area contributed by atoms with E-state index in [-0.39, 0.29) is 11.9 Å². The SMILES string of the molecule is Cc1cc(C(=O)N(c2ccccn2)[C@@H]2CCN(CCc3ccccc3)C[C@H]2C)c(C)o1. The van der Waals surface area contributed by atoms with Gasteiger partial charge in [0, 0.05) is 31.9 Å². The van der Waals surface area contributed by atoms with Crippen LogP contribution in [0.5, 0.6) is 0 Å². The quantitative estimate of drug-likeness (QED) is 0.573. The highest BCUT2D eigenvalue weighted by Crippen LogP contribution is 2.29. The number of piperidine rings is 1. The molecule has 1 aliphatic heterocycles. The first kappa shape index (κ1) is 21.3. The number of furan rings is 1. The van der Waals surface area contributed by atoms with Crippen molar-refractivity contribution >= 4 is 11.7 Å².